The number of amides is 1. The van der Waals surface area contributed by atoms with Crippen molar-refractivity contribution < 1.29 is 23.5 Å². The van der Waals surface area contributed by atoms with E-state index in [2.05, 4.69) is 10.3 Å². The number of anilines is 1. The quantitative estimate of drug-likeness (QED) is 0.354. The molecule has 0 spiro atoms. The standard InChI is InChI=1S/C27H23N3O6/c1-4-30-13-19(25(32)17-10-9-15(2)28-26(17)30)27(33)35-14-24(31)29-20-12-22-18(11-23(20)34-3)16-7-5-6-8-21(16)36-22/h5-13H,4,14H2,1-3H3,(H,29,31). The van der Waals surface area contributed by atoms with Crippen molar-refractivity contribution in [3.05, 3.63) is 76.2 Å². The van der Waals surface area contributed by atoms with Gasteiger partial charge in [0.15, 0.2) is 6.61 Å². The Bertz CT molecular complexity index is 1720. The monoisotopic (exact) mass is 485 g/mol. The van der Waals surface area contributed by atoms with Gasteiger partial charge in [-0.15, -0.1) is 0 Å². The number of esters is 1. The highest BCUT2D eigenvalue weighted by atomic mass is 16.5. The molecule has 0 aliphatic carbocycles. The number of para-hydroxylation sites is 1. The summed E-state index contributed by atoms with van der Waals surface area (Å²) in [6.07, 6.45) is 1.41. The Balaban J connectivity index is 1.36. The Hall–Kier alpha value is -4.66. The number of hydrogen-bond donors (Lipinski definition) is 1. The lowest BCUT2D eigenvalue weighted by atomic mass is 10.1. The zero-order valence-corrected chi connectivity index (χ0v) is 20.0. The third-order valence-electron chi connectivity index (χ3n) is 5.93. The topological polar surface area (TPSA) is 113 Å². The van der Waals surface area contributed by atoms with Crippen LogP contribution in [-0.4, -0.2) is 35.1 Å². The second kappa shape index (κ2) is 9.18. The highest BCUT2D eigenvalue weighted by molar-refractivity contribution is 6.08. The molecule has 0 unspecified atom stereocenters. The number of fused-ring (bicyclic) bond motifs is 4. The molecule has 36 heavy (non-hydrogen) atoms. The number of carbonyl (C=O) groups is 2. The number of benzene rings is 2. The second-order valence-electron chi connectivity index (χ2n) is 8.25. The normalized spacial score (nSPS) is 11.2. The van der Waals surface area contributed by atoms with E-state index >= 15 is 0 Å². The highest BCUT2D eigenvalue weighted by Crippen LogP contribution is 2.36. The van der Waals surface area contributed by atoms with E-state index in [9.17, 15) is 14.4 Å². The fourth-order valence-electron chi connectivity index (χ4n) is 4.16. The Morgan fingerprint density at radius 2 is 1.86 bits per heavy atom. The van der Waals surface area contributed by atoms with Gasteiger partial charge in [-0.05, 0) is 38.1 Å². The van der Waals surface area contributed by atoms with E-state index in [1.165, 1.54) is 13.3 Å². The molecule has 1 amide bonds. The first-order valence-electron chi connectivity index (χ1n) is 11.4. The number of hydrogen-bond acceptors (Lipinski definition) is 7. The van der Waals surface area contributed by atoms with Gasteiger partial charge in [0, 0.05) is 35.3 Å². The zero-order chi connectivity index (χ0) is 25.4. The lowest BCUT2D eigenvalue weighted by molar-refractivity contribution is -0.119. The highest BCUT2D eigenvalue weighted by Gasteiger charge is 2.19. The van der Waals surface area contributed by atoms with Gasteiger partial charge in [-0.2, -0.15) is 0 Å². The van der Waals surface area contributed by atoms with Crippen molar-refractivity contribution >= 4 is 50.5 Å². The number of nitrogens with zero attached hydrogens (tertiary/aromatic N) is 2. The summed E-state index contributed by atoms with van der Waals surface area (Å²) in [5.41, 5.74) is 2.24. The summed E-state index contributed by atoms with van der Waals surface area (Å²) < 4.78 is 18.2. The van der Waals surface area contributed by atoms with Gasteiger partial charge in [0.2, 0.25) is 5.43 Å². The van der Waals surface area contributed by atoms with Crippen molar-refractivity contribution in [2.24, 2.45) is 0 Å². The van der Waals surface area contributed by atoms with E-state index in [1.54, 1.807) is 28.8 Å². The average Bonchev–Trinajstić information content (AvgIpc) is 3.24. The van der Waals surface area contributed by atoms with E-state index in [4.69, 9.17) is 13.9 Å². The average molecular weight is 485 g/mol. The van der Waals surface area contributed by atoms with Crippen LogP contribution < -0.4 is 15.5 Å². The smallest absolute Gasteiger partial charge is 0.344 e. The number of carbonyl (C=O) groups excluding carboxylic acids is 2. The Morgan fingerprint density at radius 1 is 1.06 bits per heavy atom. The van der Waals surface area contributed by atoms with Gasteiger partial charge >= 0.3 is 5.97 Å². The number of nitrogens with one attached hydrogen (secondary N) is 1. The summed E-state index contributed by atoms with van der Waals surface area (Å²) in [6.45, 7) is 3.61. The lowest BCUT2D eigenvalue weighted by Gasteiger charge is -2.12. The van der Waals surface area contributed by atoms with Crippen LogP contribution in [0.4, 0.5) is 5.69 Å². The third kappa shape index (κ3) is 4.04. The maximum atomic E-state index is 12.9. The molecule has 3 aromatic heterocycles. The molecule has 0 aliphatic rings. The second-order valence-corrected chi connectivity index (χ2v) is 8.25. The molecule has 5 aromatic rings. The van der Waals surface area contributed by atoms with E-state index < -0.39 is 23.9 Å². The number of aromatic nitrogens is 2. The molecule has 0 saturated heterocycles. The van der Waals surface area contributed by atoms with Crippen molar-refractivity contribution in [2.75, 3.05) is 19.0 Å². The number of rotatable bonds is 6. The molecule has 0 radical (unpaired) electrons. The van der Waals surface area contributed by atoms with Gasteiger partial charge in [-0.25, -0.2) is 9.78 Å². The number of pyridine rings is 2. The van der Waals surface area contributed by atoms with Crippen LogP contribution in [0.25, 0.3) is 33.0 Å². The molecule has 5 rings (SSSR count). The molecule has 1 N–H and O–H groups in total. The van der Waals surface area contributed by atoms with Crippen LogP contribution in [0.15, 0.2) is 63.9 Å². The van der Waals surface area contributed by atoms with Crippen LogP contribution in [0.3, 0.4) is 0 Å². The van der Waals surface area contributed by atoms with Crippen LogP contribution in [-0.2, 0) is 16.1 Å². The molecule has 0 atom stereocenters. The minimum Gasteiger partial charge on any atom is -0.495 e. The largest absolute Gasteiger partial charge is 0.495 e. The van der Waals surface area contributed by atoms with E-state index in [0.29, 0.717) is 40.2 Å². The van der Waals surface area contributed by atoms with Gasteiger partial charge in [-0.1, -0.05) is 18.2 Å². The van der Waals surface area contributed by atoms with Crippen LogP contribution in [0.2, 0.25) is 0 Å². The first kappa shape index (κ1) is 23.1. The molecule has 0 aliphatic heterocycles. The van der Waals surface area contributed by atoms with Crippen LogP contribution in [0, 0.1) is 6.92 Å². The number of methoxy groups -OCH3 is 1. The van der Waals surface area contributed by atoms with Crippen LogP contribution >= 0.6 is 0 Å². The Morgan fingerprint density at radius 3 is 2.64 bits per heavy atom. The first-order valence-corrected chi connectivity index (χ1v) is 11.4. The Kier molecular flexibility index (Phi) is 5.89. The van der Waals surface area contributed by atoms with Crippen molar-refractivity contribution in [1.82, 2.24) is 9.55 Å². The third-order valence-corrected chi connectivity index (χ3v) is 5.93. The number of aryl methyl sites for hydroxylation is 2. The van der Waals surface area contributed by atoms with Crippen molar-refractivity contribution in [3.8, 4) is 5.75 Å². The number of furan rings is 1. The summed E-state index contributed by atoms with van der Waals surface area (Å²) in [6, 6.07) is 14.4. The van der Waals surface area contributed by atoms with Gasteiger partial charge in [-0.3, -0.25) is 9.59 Å². The van der Waals surface area contributed by atoms with Crippen LogP contribution in [0.1, 0.15) is 23.0 Å². The van der Waals surface area contributed by atoms with E-state index in [-0.39, 0.29) is 5.56 Å². The molecule has 0 bridgehead atoms. The van der Waals surface area contributed by atoms with Crippen molar-refractivity contribution in [2.45, 2.75) is 20.4 Å². The zero-order valence-electron chi connectivity index (χ0n) is 20.0. The van der Waals surface area contributed by atoms with Crippen molar-refractivity contribution in [3.63, 3.8) is 0 Å². The fraction of sp³-hybridized carbons (Fsp3) is 0.185. The predicted molar refractivity (Wildman–Crippen MR) is 136 cm³/mol. The van der Waals surface area contributed by atoms with Crippen LogP contribution in [0.5, 0.6) is 5.75 Å². The summed E-state index contributed by atoms with van der Waals surface area (Å²) in [7, 11) is 1.49. The first-order chi connectivity index (χ1) is 17.4. The Labute approximate surface area is 205 Å². The van der Waals surface area contributed by atoms with Gasteiger partial charge in [0.1, 0.15) is 28.1 Å². The number of ether oxygens (including phenoxy) is 2. The summed E-state index contributed by atoms with van der Waals surface area (Å²) in [5.74, 6) is -1.05. The molecule has 0 saturated carbocycles. The molecule has 9 nitrogen and oxygen atoms in total. The molecular weight excluding hydrogens is 462 g/mol. The molecular formula is C27H23N3O6. The molecule has 182 valence electrons. The molecule has 9 heteroatoms. The minimum atomic E-state index is -0.889. The van der Waals surface area contributed by atoms with Gasteiger partial charge < -0.3 is 23.8 Å². The summed E-state index contributed by atoms with van der Waals surface area (Å²) in [4.78, 5) is 42.6. The molecule has 2 aromatic carbocycles. The minimum absolute atomic E-state index is 0.163. The maximum Gasteiger partial charge on any atom is 0.344 e. The SMILES string of the molecule is CCn1cc(C(=O)OCC(=O)Nc2cc3oc4ccccc4c3cc2OC)c(=O)c2ccc(C)nc21. The summed E-state index contributed by atoms with van der Waals surface area (Å²) in [5, 5.41) is 4.77. The predicted octanol–water partition coefficient (Wildman–Crippen LogP) is 4.43. The lowest BCUT2D eigenvalue weighted by Crippen LogP contribution is -2.25. The van der Waals surface area contributed by atoms with Gasteiger partial charge in [0.05, 0.1) is 18.2 Å². The fourth-order valence-corrected chi connectivity index (χ4v) is 4.16. The molecule has 3 heterocycles. The van der Waals surface area contributed by atoms with E-state index in [1.807, 2.05) is 38.1 Å². The van der Waals surface area contributed by atoms with Crippen molar-refractivity contribution in [1.29, 1.82) is 0 Å². The summed E-state index contributed by atoms with van der Waals surface area (Å²) >= 11 is 0. The maximum absolute atomic E-state index is 12.9. The van der Waals surface area contributed by atoms with E-state index in [0.717, 1.165) is 16.5 Å². The molecule has 0 fully saturated rings. The van der Waals surface area contributed by atoms with Gasteiger partial charge in [0.25, 0.3) is 5.91 Å².